The topological polar surface area (TPSA) is 136 Å². The lowest BCUT2D eigenvalue weighted by atomic mass is 10.0. The lowest BCUT2D eigenvalue weighted by Gasteiger charge is -2.16. The molecule has 0 aliphatic heterocycles. The molecule has 1 atom stereocenters. The van der Waals surface area contributed by atoms with Crippen molar-refractivity contribution in [2.45, 2.75) is 25.3 Å². The molecule has 4 rings (SSSR count). The first-order valence-corrected chi connectivity index (χ1v) is 12.8. The molecule has 11 heteroatoms. The van der Waals surface area contributed by atoms with Crippen LogP contribution < -0.4 is 15.8 Å². The summed E-state index contributed by atoms with van der Waals surface area (Å²) in [5.41, 5.74) is 8.89. The lowest BCUT2D eigenvalue weighted by molar-refractivity contribution is -0.127. The van der Waals surface area contributed by atoms with Gasteiger partial charge in [0.05, 0.1) is 39.7 Å². The first-order chi connectivity index (χ1) is 18.8. The number of pyridine rings is 1. The van der Waals surface area contributed by atoms with E-state index in [9.17, 15) is 9.59 Å². The molecular weight excluding hydrogens is 539 g/mol. The Morgan fingerprint density at radius 3 is 2.56 bits per heavy atom. The third-order valence-corrected chi connectivity index (χ3v) is 6.52. The Labute approximate surface area is 235 Å². The van der Waals surface area contributed by atoms with Crippen LogP contribution in [0, 0.1) is 11.3 Å². The number of nitrogens with one attached hydrogen (secondary N) is 1. The molecule has 0 fully saturated rings. The second kappa shape index (κ2) is 12.9. The minimum Gasteiger partial charge on any atom is -0.478 e. The van der Waals surface area contributed by atoms with Crippen LogP contribution in [0.25, 0.3) is 16.9 Å². The molecule has 9 nitrogen and oxygen atoms in total. The molecule has 2 amide bonds. The minimum atomic E-state index is -0.871. The first kappa shape index (κ1) is 27.6. The quantitative estimate of drug-likeness (QED) is 0.258. The number of ether oxygens (including phenoxy) is 1. The van der Waals surface area contributed by atoms with Gasteiger partial charge in [-0.2, -0.15) is 10.4 Å². The highest BCUT2D eigenvalue weighted by Crippen LogP contribution is 2.29. The zero-order valence-electron chi connectivity index (χ0n) is 20.7. The van der Waals surface area contributed by atoms with Gasteiger partial charge in [0.15, 0.2) is 0 Å². The second-order valence-corrected chi connectivity index (χ2v) is 9.42. The van der Waals surface area contributed by atoms with Crippen LogP contribution in [0.1, 0.15) is 24.0 Å². The van der Waals surface area contributed by atoms with E-state index in [2.05, 4.69) is 15.4 Å². The standard InChI is InChI=1S/C28H24Cl2N6O3/c29-22-10-9-21(14-23(22)30)36-27(15-24(35-36)20-3-1-11-33-17-20)39-12-2-4-26(37)34-25(28(32)38)13-18-5-7-19(16-31)8-6-18/h1,3,5-11,14-15,17,25H,2,4,12-13H2,(H2,32,38)(H,34,37)/t25-/m0/s1. The van der Waals surface area contributed by atoms with Gasteiger partial charge >= 0.3 is 0 Å². The number of aromatic nitrogens is 3. The number of carbonyl (C=O) groups excluding carboxylic acids is 2. The molecule has 198 valence electrons. The molecule has 3 N–H and O–H groups in total. The van der Waals surface area contributed by atoms with Crippen molar-refractivity contribution in [1.29, 1.82) is 5.26 Å². The van der Waals surface area contributed by atoms with E-state index in [-0.39, 0.29) is 25.4 Å². The van der Waals surface area contributed by atoms with E-state index in [4.69, 9.17) is 38.9 Å². The molecule has 39 heavy (non-hydrogen) atoms. The Balaban J connectivity index is 1.38. The van der Waals surface area contributed by atoms with Gasteiger partial charge in [-0.05, 0) is 54.4 Å². The third kappa shape index (κ3) is 7.35. The zero-order valence-corrected chi connectivity index (χ0v) is 22.2. The number of nitrogens with two attached hydrogens (primary N) is 1. The van der Waals surface area contributed by atoms with Crippen LogP contribution in [0.3, 0.4) is 0 Å². The molecule has 0 bridgehead atoms. The highest BCUT2D eigenvalue weighted by Gasteiger charge is 2.19. The van der Waals surface area contributed by atoms with E-state index in [1.54, 1.807) is 65.6 Å². The first-order valence-electron chi connectivity index (χ1n) is 12.0. The monoisotopic (exact) mass is 562 g/mol. The van der Waals surface area contributed by atoms with Gasteiger partial charge in [-0.3, -0.25) is 14.6 Å². The SMILES string of the molecule is N#Cc1ccc(C[C@H](NC(=O)CCCOc2cc(-c3cccnc3)nn2-c2ccc(Cl)c(Cl)c2)C(N)=O)cc1. The lowest BCUT2D eigenvalue weighted by Crippen LogP contribution is -2.45. The Morgan fingerprint density at radius 2 is 1.90 bits per heavy atom. The number of amides is 2. The van der Waals surface area contributed by atoms with Gasteiger partial charge in [-0.15, -0.1) is 0 Å². The van der Waals surface area contributed by atoms with Crippen LogP contribution in [-0.4, -0.2) is 39.2 Å². The molecule has 0 aliphatic rings. The van der Waals surface area contributed by atoms with Crippen molar-refractivity contribution in [2.24, 2.45) is 5.73 Å². The number of nitriles is 1. The largest absolute Gasteiger partial charge is 0.478 e. The summed E-state index contributed by atoms with van der Waals surface area (Å²) in [4.78, 5) is 28.6. The Kier molecular flexibility index (Phi) is 9.15. The van der Waals surface area contributed by atoms with Crippen LogP contribution in [0.15, 0.2) is 73.1 Å². The fourth-order valence-corrected chi connectivity index (χ4v) is 4.07. The van der Waals surface area contributed by atoms with Crippen molar-refractivity contribution in [3.05, 3.63) is 94.2 Å². The van der Waals surface area contributed by atoms with Crippen LogP contribution in [-0.2, 0) is 16.0 Å². The number of primary amides is 1. The van der Waals surface area contributed by atoms with Crippen molar-refractivity contribution < 1.29 is 14.3 Å². The number of hydrogen-bond acceptors (Lipinski definition) is 6. The fraction of sp³-hybridized carbons (Fsp3) is 0.179. The Morgan fingerprint density at radius 1 is 1.10 bits per heavy atom. The van der Waals surface area contributed by atoms with Crippen LogP contribution in [0.4, 0.5) is 0 Å². The molecule has 2 heterocycles. The number of nitrogens with zero attached hydrogens (tertiary/aromatic N) is 4. The summed E-state index contributed by atoms with van der Waals surface area (Å²) < 4.78 is 7.59. The summed E-state index contributed by atoms with van der Waals surface area (Å²) in [5, 5.41) is 17.1. The molecule has 0 aliphatic carbocycles. The fourth-order valence-electron chi connectivity index (χ4n) is 3.77. The van der Waals surface area contributed by atoms with Gasteiger partial charge in [-0.25, -0.2) is 4.68 Å². The molecular formula is C28H24Cl2N6O3. The predicted octanol–water partition coefficient (Wildman–Crippen LogP) is 4.48. The molecule has 0 radical (unpaired) electrons. The van der Waals surface area contributed by atoms with Gasteiger partial charge < -0.3 is 15.8 Å². The van der Waals surface area contributed by atoms with E-state index < -0.39 is 11.9 Å². The highest BCUT2D eigenvalue weighted by atomic mass is 35.5. The van der Waals surface area contributed by atoms with Gasteiger partial charge in [-0.1, -0.05) is 35.3 Å². The van der Waals surface area contributed by atoms with Crippen molar-refractivity contribution in [3.8, 4) is 28.9 Å². The minimum absolute atomic E-state index is 0.119. The van der Waals surface area contributed by atoms with E-state index in [0.717, 1.165) is 11.1 Å². The van der Waals surface area contributed by atoms with E-state index in [1.165, 1.54) is 0 Å². The molecule has 0 saturated carbocycles. The third-order valence-electron chi connectivity index (χ3n) is 5.78. The number of benzene rings is 2. The average Bonchev–Trinajstić information content (AvgIpc) is 3.37. The maximum atomic E-state index is 12.5. The molecule has 0 unspecified atom stereocenters. The maximum Gasteiger partial charge on any atom is 0.240 e. The summed E-state index contributed by atoms with van der Waals surface area (Å²) in [6.07, 6.45) is 4.09. The van der Waals surface area contributed by atoms with Crippen molar-refractivity contribution in [1.82, 2.24) is 20.1 Å². The van der Waals surface area contributed by atoms with Crippen molar-refractivity contribution in [2.75, 3.05) is 6.61 Å². The highest BCUT2D eigenvalue weighted by molar-refractivity contribution is 6.42. The maximum absolute atomic E-state index is 12.5. The van der Waals surface area contributed by atoms with Crippen LogP contribution in [0.5, 0.6) is 5.88 Å². The number of rotatable bonds is 11. The van der Waals surface area contributed by atoms with Crippen molar-refractivity contribution >= 4 is 35.0 Å². The molecule has 0 saturated heterocycles. The molecule has 2 aromatic heterocycles. The number of carbonyl (C=O) groups is 2. The Bertz CT molecular complexity index is 1500. The van der Waals surface area contributed by atoms with Gasteiger partial charge in [0.2, 0.25) is 17.7 Å². The summed E-state index contributed by atoms with van der Waals surface area (Å²) in [5.74, 6) is -0.522. The molecule has 0 spiro atoms. The molecule has 2 aromatic carbocycles. The zero-order chi connectivity index (χ0) is 27.8. The normalized spacial score (nSPS) is 11.4. The van der Waals surface area contributed by atoms with E-state index in [0.29, 0.717) is 39.3 Å². The second-order valence-electron chi connectivity index (χ2n) is 8.61. The van der Waals surface area contributed by atoms with Gasteiger partial charge in [0, 0.05) is 36.9 Å². The number of halogens is 2. The smallest absolute Gasteiger partial charge is 0.240 e. The summed E-state index contributed by atoms with van der Waals surface area (Å²) in [6.45, 7) is 0.212. The van der Waals surface area contributed by atoms with Crippen LogP contribution >= 0.6 is 23.2 Å². The van der Waals surface area contributed by atoms with E-state index in [1.807, 2.05) is 18.2 Å². The van der Waals surface area contributed by atoms with Crippen LogP contribution in [0.2, 0.25) is 10.0 Å². The number of hydrogen-bond donors (Lipinski definition) is 2. The summed E-state index contributed by atoms with van der Waals surface area (Å²) in [6, 6.07) is 18.5. The van der Waals surface area contributed by atoms with E-state index >= 15 is 0 Å². The average molecular weight is 563 g/mol. The molecule has 4 aromatic rings. The summed E-state index contributed by atoms with van der Waals surface area (Å²) in [7, 11) is 0. The summed E-state index contributed by atoms with van der Waals surface area (Å²) >= 11 is 12.3. The Hall–Kier alpha value is -4.39. The van der Waals surface area contributed by atoms with Gasteiger partial charge in [0.1, 0.15) is 6.04 Å². The van der Waals surface area contributed by atoms with Gasteiger partial charge in [0.25, 0.3) is 0 Å². The van der Waals surface area contributed by atoms with Crippen molar-refractivity contribution in [3.63, 3.8) is 0 Å². The predicted molar refractivity (Wildman–Crippen MR) is 148 cm³/mol.